The van der Waals surface area contributed by atoms with Gasteiger partial charge >= 0.3 is 0 Å². The quantitative estimate of drug-likeness (QED) is 0.755. The Morgan fingerprint density at radius 1 is 1.40 bits per heavy atom. The second-order valence-electron chi connectivity index (χ2n) is 3.34. The van der Waals surface area contributed by atoms with Gasteiger partial charge < -0.3 is 10.5 Å². The number of hydrogen-bond donors (Lipinski definition) is 1. The molecule has 0 saturated heterocycles. The summed E-state index contributed by atoms with van der Waals surface area (Å²) in [5.74, 6) is 0.477. The largest absolute Gasteiger partial charge is 0.481 e. The maximum atomic E-state index is 6.14. The minimum absolute atomic E-state index is 0.477. The Hall–Kier alpha value is -1.48. The molecule has 1 heterocycles. The summed E-state index contributed by atoms with van der Waals surface area (Å²) in [4.78, 5) is 4.28. The molecule has 0 aliphatic carbocycles. The van der Waals surface area contributed by atoms with Crippen LogP contribution in [0.2, 0.25) is 5.02 Å². The van der Waals surface area contributed by atoms with Crippen molar-refractivity contribution < 1.29 is 4.74 Å². The normalized spacial score (nSPS) is 10.6. The molecule has 0 aliphatic heterocycles. The van der Waals surface area contributed by atoms with Crippen molar-refractivity contribution in [2.75, 3.05) is 12.8 Å². The monoisotopic (exact) mass is 222 g/mol. The van der Waals surface area contributed by atoms with E-state index in [0.717, 1.165) is 10.9 Å². The first-order valence-electron chi connectivity index (χ1n) is 4.53. The summed E-state index contributed by atoms with van der Waals surface area (Å²) in [5, 5.41) is 1.50. The van der Waals surface area contributed by atoms with E-state index in [9.17, 15) is 0 Å². The van der Waals surface area contributed by atoms with Gasteiger partial charge in [-0.1, -0.05) is 17.7 Å². The fraction of sp³-hybridized carbons (Fsp3) is 0.182. The first kappa shape index (κ1) is 10.1. The predicted molar refractivity (Wildman–Crippen MR) is 62.5 cm³/mol. The lowest BCUT2D eigenvalue weighted by Crippen LogP contribution is -1.95. The zero-order valence-electron chi connectivity index (χ0n) is 8.54. The van der Waals surface area contributed by atoms with Gasteiger partial charge in [-0.05, 0) is 18.6 Å². The molecule has 0 fully saturated rings. The summed E-state index contributed by atoms with van der Waals surface area (Å²) >= 11 is 6.14. The maximum absolute atomic E-state index is 6.14. The third kappa shape index (κ3) is 1.59. The molecule has 1 aromatic carbocycles. The molecule has 78 valence electrons. The average molecular weight is 223 g/mol. The van der Waals surface area contributed by atoms with Crippen LogP contribution in [0.1, 0.15) is 5.56 Å². The highest BCUT2D eigenvalue weighted by Crippen LogP contribution is 2.31. The number of anilines is 1. The van der Waals surface area contributed by atoms with Gasteiger partial charge in [0.1, 0.15) is 0 Å². The molecule has 0 amide bonds. The Labute approximate surface area is 92.8 Å². The molecule has 3 nitrogen and oxygen atoms in total. The number of fused-ring (bicyclic) bond motifs is 1. The Balaban J connectivity index is 2.90. The molecule has 15 heavy (non-hydrogen) atoms. The standard InChI is InChI=1S/C11H11ClN2O/c1-6-3-4-8(13)11-10(6)7(12)5-9(14-11)15-2/h3-5H,13H2,1-2H3. The molecule has 1 aromatic heterocycles. The minimum Gasteiger partial charge on any atom is -0.481 e. The smallest absolute Gasteiger partial charge is 0.215 e. The topological polar surface area (TPSA) is 48.1 Å². The summed E-state index contributed by atoms with van der Waals surface area (Å²) in [6, 6.07) is 5.44. The number of methoxy groups -OCH3 is 1. The summed E-state index contributed by atoms with van der Waals surface area (Å²) < 4.78 is 5.05. The van der Waals surface area contributed by atoms with E-state index in [0.29, 0.717) is 22.1 Å². The van der Waals surface area contributed by atoms with Crippen LogP contribution in [0.3, 0.4) is 0 Å². The molecule has 4 heteroatoms. The number of aromatic nitrogens is 1. The number of ether oxygens (including phenoxy) is 1. The molecule has 0 spiro atoms. The highest BCUT2D eigenvalue weighted by Gasteiger charge is 2.09. The number of hydrogen-bond acceptors (Lipinski definition) is 3. The molecular weight excluding hydrogens is 212 g/mol. The van der Waals surface area contributed by atoms with Crippen LogP contribution in [-0.2, 0) is 0 Å². The number of aryl methyl sites for hydroxylation is 1. The van der Waals surface area contributed by atoms with E-state index in [4.69, 9.17) is 22.1 Å². The first-order valence-corrected chi connectivity index (χ1v) is 4.90. The first-order chi connectivity index (χ1) is 7.13. The van der Waals surface area contributed by atoms with Crippen LogP contribution in [-0.4, -0.2) is 12.1 Å². The van der Waals surface area contributed by atoms with Crippen LogP contribution < -0.4 is 10.5 Å². The molecule has 2 N–H and O–H groups in total. The van der Waals surface area contributed by atoms with E-state index in [1.54, 1.807) is 13.2 Å². The Bertz CT molecular complexity index is 525. The number of pyridine rings is 1. The highest BCUT2D eigenvalue weighted by molar-refractivity contribution is 6.36. The van der Waals surface area contributed by atoms with E-state index in [-0.39, 0.29) is 0 Å². The third-order valence-electron chi connectivity index (χ3n) is 2.34. The van der Waals surface area contributed by atoms with Crippen molar-refractivity contribution in [3.05, 3.63) is 28.8 Å². The SMILES string of the molecule is COc1cc(Cl)c2c(C)ccc(N)c2n1. The molecule has 0 saturated carbocycles. The Kier molecular flexibility index (Phi) is 2.40. The fourth-order valence-corrected chi connectivity index (χ4v) is 1.89. The highest BCUT2D eigenvalue weighted by atomic mass is 35.5. The molecular formula is C11H11ClN2O. The van der Waals surface area contributed by atoms with Gasteiger partial charge in [0.05, 0.1) is 23.3 Å². The molecule has 0 aliphatic rings. The molecule has 0 bridgehead atoms. The van der Waals surface area contributed by atoms with Gasteiger partial charge in [-0.3, -0.25) is 0 Å². The van der Waals surface area contributed by atoms with Crippen LogP contribution >= 0.6 is 11.6 Å². The maximum Gasteiger partial charge on any atom is 0.215 e. The van der Waals surface area contributed by atoms with Crippen LogP contribution in [0, 0.1) is 6.92 Å². The van der Waals surface area contributed by atoms with Gasteiger partial charge in [-0.15, -0.1) is 0 Å². The van der Waals surface area contributed by atoms with E-state index in [2.05, 4.69) is 4.98 Å². The summed E-state index contributed by atoms with van der Waals surface area (Å²) in [5.41, 5.74) is 8.20. The van der Waals surface area contributed by atoms with E-state index in [1.807, 2.05) is 19.1 Å². The molecule has 2 rings (SSSR count). The Morgan fingerprint density at radius 2 is 2.13 bits per heavy atom. The van der Waals surface area contributed by atoms with E-state index in [1.165, 1.54) is 0 Å². The second kappa shape index (κ2) is 3.59. The number of nitrogen functional groups attached to an aromatic ring is 1. The van der Waals surface area contributed by atoms with Gasteiger partial charge in [0.2, 0.25) is 5.88 Å². The van der Waals surface area contributed by atoms with E-state index >= 15 is 0 Å². The zero-order chi connectivity index (χ0) is 11.0. The zero-order valence-corrected chi connectivity index (χ0v) is 9.30. The minimum atomic E-state index is 0.477. The number of nitrogens with two attached hydrogens (primary N) is 1. The molecule has 0 unspecified atom stereocenters. The molecule has 2 aromatic rings. The van der Waals surface area contributed by atoms with Crippen molar-refractivity contribution in [2.45, 2.75) is 6.92 Å². The van der Waals surface area contributed by atoms with Gasteiger partial charge in [-0.2, -0.15) is 0 Å². The lowest BCUT2D eigenvalue weighted by atomic mass is 10.1. The second-order valence-corrected chi connectivity index (χ2v) is 3.75. The van der Waals surface area contributed by atoms with Crippen molar-refractivity contribution in [2.24, 2.45) is 0 Å². The average Bonchev–Trinajstić information content (AvgIpc) is 2.23. The summed E-state index contributed by atoms with van der Waals surface area (Å²) in [7, 11) is 1.55. The van der Waals surface area contributed by atoms with Crippen molar-refractivity contribution in [1.82, 2.24) is 4.98 Å². The van der Waals surface area contributed by atoms with Crippen molar-refractivity contribution >= 4 is 28.2 Å². The van der Waals surface area contributed by atoms with Crippen LogP contribution in [0.25, 0.3) is 10.9 Å². The number of nitrogens with zero attached hydrogens (tertiary/aromatic N) is 1. The number of rotatable bonds is 1. The number of benzene rings is 1. The number of halogens is 1. The molecule has 0 radical (unpaired) electrons. The summed E-state index contributed by atoms with van der Waals surface area (Å²) in [6.07, 6.45) is 0. The third-order valence-corrected chi connectivity index (χ3v) is 2.64. The van der Waals surface area contributed by atoms with Crippen molar-refractivity contribution in [1.29, 1.82) is 0 Å². The lowest BCUT2D eigenvalue weighted by Gasteiger charge is -2.08. The summed E-state index contributed by atoms with van der Waals surface area (Å²) in [6.45, 7) is 1.97. The van der Waals surface area contributed by atoms with Crippen molar-refractivity contribution in [3.63, 3.8) is 0 Å². The molecule has 0 atom stereocenters. The van der Waals surface area contributed by atoms with Crippen LogP contribution in [0.4, 0.5) is 5.69 Å². The van der Waals surface area contributed by atoms with E-state index < -0.39 is 0 Å². The predicted octanol–water partition coefficient (Wildman–Crippen LogP) is 2.79. The van der Waals surface area contributed by atoms with Gasteiger partial charge in [0.25, 0.3) is 0 Å². The van der Waals surface area contributed by atoms with Gasteiger partial charge in [0.15, 0.2) is 0 Å². The lowest BCUT2D eigenvalue weighted by molar-refractivity contribution is 0.399. The van der Waals surface area contributed by atoms with Crippen molar-refractivity contribution in [3.8, 4) is 5.88 Å². The van der Waals surface area contributed by atoms with Crippen LogP contribution in [0.15, 0.2) is 18.2 Å². The van der Waals surface area contributed by atoms with Crippen LogP contribution in [0.5, 0.6) is 5.88 Å². The fourth-order valence-electron chi connectivity index (χ4n) is 1.56. The Morgan fingerprint density at radius 3 is 2.80 bits per heavy atom. The van der Waals surface area contributed by atoms with Gasteiger partial charge in [-0.25, -0.2) is 4.98 Å². The van der Waals surface area contributed by atoms with Gasteiger partial charge in [0, 0.05) is 11.5 Å².